The topological polar surface area (TPSA) is 12.0 Å². The molecule has 1 rings (SSSR count). The second-order valence-corrected chi connectivity index (χ2v) is 6.80. The Labute approximate surface area is 122 Å². The first-order chi connectivity index (χ1) is 8.27. The first-order valence-electron chi connectivity index (χ1n) is 6.15. The van der Waals surface area contributed by atoms with Crippen LogP contribution in [0.5, 0.6) is 0 Å². The van der Waals surface area contributed by atoms with E-state index >= 15 is 0 Å². The Morgan fingerprint density at radius 3 is 2.50 bits per heavy atom. The molecule has 0 aliphatic heterocycles. The van der Waals surface area contributed by atoms with Crippen LogP contribution in [0.15, 0.2) is 16.6 Å². The zero-order valence-corrected chi connectivity index (χ0v) is 13.6. The van der Waals surface area contributed by atoms with Gasteiger partial charge in [-0.3, -0.25) is 0 Å². The molecule has 0 heterocycles. The van der Waals surface area contributed by atoms with Crippen molar-refractivity contribution in [3.05, 3.63) is 33.0 Å². The van der Waals surface area contributed by atoms with Crippen LogP contribution in [0.4, 0.5) is 4.39 Å². The molecule has 0 radical (unpaired) electrons. The fraction of sp³-hybridized carbons (Fsp3) is 0.571. The maximum absolute atomic E-state index is 14.1. The van der Waals surface area contributed by atoms with Gasteiger partial charge in [0.2, 0.25) is 0 Å². The SMILES string of the molecule is CCCNC(c1cc(Cl)c(Br)cc1F)C(C)(C)C. The van der Waals surface area contributed by atoms with Gasteiger partial charge in [-0.15, -0.1) is 0 Å². The summed E-state index contributed by atoms with van der Waals surface area (Å²) in [5.74, 6) is -0.227. The summed E-state index contributed by atoms with van der Waals surface area (Å²) in [6.45, 7) is 9.23. The van der Waals surface area contributed by atoms with Gasteiger partial charge in [0.25, 0.3) is 0 Å². The lowest BCUT2D eigenvalue weighted by Crippen LogP contribution is -2.33. The molecule has 102 valence electrons. The van der Waals surface area contributed by atoms with Gasteiger partial charge < -0.3 is 5.32 Å². The molecule has 0 saturated heterocycles. The smallest absolute Gasteiger partial charge is 0.129 e. The van der Waals surface area contributed by atoms with Gasteiger partial charge in [-0.05, 0) is 46.4 Å². The second kappa shape index (κ2) is 6.36. The highest BCUT2D eigenvalue weighted by Gasteiger charge is 2.28. The van der Waals surface area contributed by atoms with Gasteiger partial charge in [0.1, 0.15) is 5.82 Å². The van der Waals surface area contributed by atoms with Crippen molar-refractivity contribution in [2.45, 2.75) is 40.2 Å². The predicted molar refractivity (Wildman–Crippen MR) is 79.6 cm³/mol. The van der Waals surface area contributed by atoms with Crippen LogP contribution in [0.1, 0.15) is 45.7 Å². The molecule has 0 saturated carbocycles. The molecule has 0 bridgehead atoms. The largest absolute Gasteiger partial charge is 0.309 e. The molecule has 1 unspecified atom stereocenters. The van der Waals surface area contributed by atoms with E-state index in [4.69, 9.17) is 11.6 Å². The molecule has 1 nitrogen and oxygen atoms in total. The first-order valence-corrected chi connectivity index (χ1v) is 7.32. The van der Waals surface area contributed by atoms with E-state index in [1.54, 1.807) is 6.07 Å². The highest BCUT2D eigenvalue weighted by molar-refractivity contribution is 9.10. The van der Waals surface area contributed by atoms with E-state index in [0.29, 0.717) is 15.1 Å². The minimum atomic E-state index is -0.227. The van der Waals surface area contributed by atoms with Crippen molar-refractivity contribution in [2.75, 3.05) is 6.54 Å². The van der Waals surface area contributed by atoms with Gasteiger partial charge in [-0.2, -0.15) is 0 Å². The highest BCUT2D eigenvalue weighted by Crippen LogP contribution is 2.37. The standard InChI is InChI=1S/C14H20BrClFN/c1-5-6-18-13(14(2,3)4)9-7-11(16)10(15)8-12(9)17/h7-8,13,18H,5-6H2,1-4H3. The third kappa shape index (κ3) is 3.94. The van der Waals surface area contributed by atoms with E-state index in [0.717, 1.165) is 13.0 Å². The number of nitrogens with one attached hydrogen (secondary N) is 1. The molecule has 4 heteroatoms. The van der Waals surface area contributed by atoms with Crippen LogP contribution in [0.25, 0.3) is 0 Å². The van der Waals surface area contributed by atoms with Gasteiger partial charge in [0.15, 0.2) is 0 Å². The molecule has 1 aromatic carbocycles. The van der Waals surface area contributed by atoms with Gasteiger partial charge >= 0.3 is 0 Å². The molecule has 18 heavy (non-hydrogen) atoms. The summed E-state index contributed by atoms with van der Waals surface area (Å²) in [5, 5.41) is 3.94. The van der Waals surface area contributed by atoms with Crippen LogP contribution in [0.3, 0.4) is 0 Å². The normalized spacial score (nSPS) is 13.7. The lowest BCUT2D eigenvalue weighted by Gasteiger charge is -2.32. The van der Waals surface area contributed by atoms with Crippen LogP contribution in [-0.2, 0) is 0 Å². The summed E-state index contributed by atoms with van der Waals surface area (Å²) < 4.78 is 14.7. The van der Waals surface area contributed by atoms with E-state index in [2.05, 4.69) is 48.9 Å². The number of rotatable bonds is 4. The summed E-state index contributed by atoms with van der Waals surface area (Å²) >= 11 is 9.31. The molecule has 0 aliphatic rings. The number of hydrogen-bond donors (Lipinski definition) is 1. The number of benzene rings is 1. The predicted octanol–water partition coefficient (Wildman–Crippen LogP) is 5.33. The molecule has 0 spiro atoms. The van der Waals surface area contributed by atoms with Crippen LogP contribution >= 0.6 is 27.5 Å². The summed E-state index contributed by atoms with van der Waals surface area (Å²) in [4.78, 5) is 0. The zero-order chi connectivity index (χ0) is 13.9. The first kappa shape index (κ1) is 15.9. The molecule has 0 fully saturated rings. The molecule has 1 atom stereocenters. The Morgan fingerprint density at radius 2 is 2.00 bits per heavy atom. The monoisotopic (exact) mass is 335 g/mol. The van der Waals surface area contributed by atoms with E-state index in [1.165, 1.54) is 6.07 Å². The molecular weight excluding hydrogens is 317 g/mol. The average Bonchev–Trinajstić information content (AvgIpc) is 2.24. The van der Waals surface area contributed by atoms with Crippen molar-refractivity contribution in [2.24, 2.45) is 5.41 Å². The minimum absolute atomic E-state index is 0.0527. The maximum Gasteiger partial charge on any atom is 0.129 e. The van der Waals surface area contributed by atoms with Gasteiger partial charge in [0, 0.05) is 16.1 Å². The van der Waals surface area contributed by atoms with Crippen LogP contribution in [0, 0.1) is 11.2 Å². The zero-order valence-electron chi connectivity index (χ0n) is 11.3. The highest BCUT2D eigenvalue weighted by atomic mass is 79.9. The van der Waals surface area contributed by atoms with Gasteiger partial charge in [-0.25, -0.2) is 4.39 Å². The van der Waals surface area contributed by atoms with Gasteiger partial charge in [-0.1, -0.05) is 39.3 Å². The molecule has 0 aromatic heterocycles. The van der Waals surface area contributed by atoms with Crippen molar-refractivity contribution in [1.82, 2.24) is 5.32 Å². The maximum atomic E-state index is 14.1. The fourth-order valence-electron chi connectivity index (χ4n) is 1.93. The Morgan fingerprint density at radius 1 is 1.39 bits per heavy atom. The fourth-order valence-corrected chi connectivity index (χ4v) is 2.42. The van der Waals surface area contributed by atoms with E-state index in [1.807, 2.05) is 0 Å². The lowest BCUT2D eigenvalue weighted by molar-refractivity contribution is 0.267. The quantitative estimate of drug-likeness (QED) is 0.733. The molecule has 1 aromatic rings. The Balaban J connectivity index is 3.16. The summed E-state index contributed by atoms with van der Waals surface area (Å²) in [6.07, 6.45) is 1.01. The summed E-state index contributed by atoms with van der Waals surface area (Å²) in [7, 11) is 0. The van der Waals surface area contributed by atoms with E-state index in [9.17, 15) is 4.39 Å². The second-order valence-electron chi connectivity index (χ2n) is 5.54. The average molecular weight is 337 g/mol. The van der Waals surface area contributed by atoms with Crippen molar-refractivity contribution in [3.63, 3.8) is 0 Å². The van der Waals surface area contributed by atoms with E-state index in [-0.39, 0.29) is 17.3 Å². The third-order valence-corrected chi connectivity index (χ3v) is 4.01. The molecule has 0 aliphatic carbocycles. The van der Waals surface area contributed by atoms with E-state index < -0.39 is 0 Å². The van der Waals surface area contributed by atoms with Crippen LogP contribution < -0.4 is 5.32 Å². The van der Waals surface area contributed by atoms with Crippen molar-refractivity contribution in [1.29, 1.82) is 0 Å². The lowest BCUT2D eigenvalue weighted by atomic mass is 9.82. The minimum Gasteiger partial charge on any atom is -0.309 e. The molecule has 0 amide bonds. The van der Waals surface area contributed by atoms with Crippen molar-refractivity contribution in [3.8, 4) is 0 Å². The summed E-state index contributed by atoms with van der Waals surface area (Å²) in [6, 6.07) is 3.09. The third-order valence-electron chi connectivity index (χ3n) is 2.82. The number of hydrogen-bond acceptors (Lipinski definition) is 1. The molecular formula is C14H20BrClFN. The summed E-state index contributed by atoms with van der Waals surface area (Å²) in [5.41, 5.74) is 0.553. The van der Waals surface area contributed by atoms with Crippen molar-refractivity contribution >= 4 is 27.5 Å². The van der Waals surface area contributed by atoms with Crippen molar-refractivity contribution < 1.29 is 4.39 Å². The Kier molecular flexibility index (Phi) is 5.63. The number of halogens is 3. The van der Waals surface area contributed by atoms with Crippen LogP contribution in [0.2, 0.25) is 5.02 Å². The Bertz CT molecular complexity index is 415. The van der Waals surface area contributed by atoms with Crippen LogP contribution in [-0.4, -0.2) is 6.54 Å². The Hall–Kier alpha value is -0.120. The molecule has 1 N–H and O–H groups in total. The van der Waals surface area contributed by atoms with Gasteiger partial charge in [0.05, 0.1) is 5.02 Å².